The van der Waals surface area contributed by atoms with Crippen molar-refractivity contribution < 1.29 is 18.0 Å². The maximum Gasteiger partial charge on any atom is 0.240 e. The Kier molecular flexibility index (Phi) is 8.56. The van der Waals surface area contributed by atoms with Crippen LogP contribution in [0.25, 0.3) is 0 Å². The number of carbonyl (C=O) groups excluding carboxylic acids is 2. The summed E-state index contributed by atoms with van der Waals surface area (Å²) in [6.07, 6.45) is 1.72. The first-order chi connectivity index (χ1) is 14.2. The van der Waals surface area contributed by atoms with Crippen molar-refractivity contribution in [3.63, 3.8) is 0 Å². The molecule has 30 heavy (non-hydrogen) atoms. The molecule has 0 saturated heterocycles. The van der Waals surface area contributed by atoms with E-state index in [1.54, 1.807) is 0 Å². The molecule has 0 unspecified atom stereocenters. The van der Waals surface area contributed by atoms with Gasteiger partial charge in [-0.05, 0) is 49.6 Å². The summed E-state index contributed by atoms with van der Waals surface area (Å²) in [6.45, 7) is 1.96. The molecule has 0 fully saturated rings. The largest absolute Gasteiger partial charge is 0.378 e. The molecule has 0 aliphatic carbocycles. The van der Waals surface area contributed by atoms with Gasteiger partial charge in [0.15, 0.2) is 5.78 Å². The van der Waals surface area contributed by atoms with Crippen LogP contribution in [0.4, 0.5) is 5.69 Å². The highest BCUT2D eigenvalue weighted by Crippen LogP contribution is 2.13. The number of nitrogens with zero attached hydrogens (tertiary/aromatic N) is 1. The highest BCUT2D eigenvalue weighted by Gasteiger charge is 2.14. The Hall–Kier alpha value is -2.71. The maximum atomic E-state index is 12.2. The van der Waals surface area contributed by atoms with Gasteiger partial charge in [0.1, 0.15) is 0 Å². The molecular weight excluding hydrogens is 402 g/mol. The van der Waals surface area contributed by atoms with E-state index in [2.05, 4.69) is 34.3 Å². The average Bonchev–Trinajstić information content (AvgIpc) is 2.71. The molecule has 0 spiro atoms. The zero-order valence-corrected chi connectivity index (χ0v) is 18.5. The normalized spacial score (nSPS) is 11.2. The van der Waals surface area contributed by atoms with Gasteiger partial charge in [0.25, 0.3) is 0 Å². The van der Waals surface area contributed by atoms with Crippen molar-refractivity contribution in [1.29, 1.82) is 0 Å². The lowest BCUT2D eigenvalue weighted by Gasteiger charge is -2.12. The van der Waals surface area contributed by atoms with Gasteiger partial charge in [-0.3, -0.25) is 9.59 Å². The predicted molar refractivity (Wildman–Crippen MR) is 118 cm³/mol. The van der Waals surface area contributed by atoms with Crippen LogP contribution in [-0.2, 0) is 21.2 Å². The highest BCUT2D eigenvalue weighted by molar-refractivity contribution is 7.89. The number of carbonyl (C=O) groups is 2. The van der Waals surface area contributed by atoms with Gasteiger partial charge in [-0.1, -0.05) is 24.3 Å². The standard InChI is InChI=1S/C22H29N3O4S/c1-17(26)19-8-12-21(13-9-19)30(28,29)24-16-14-22(27)23-15-4-5-18-6-10-20(11-7-18)25(2)3/h6-13,24H,4-5,14-16H2,1-3H3,(H,23,27). The number of aryl methyl sites for hydroxylation is 1. The number of ketones is 1. The first-order valence-electron chi connectivity index (χ1n) is 9.82. The topological polar surface area (TPSA) is 95.6 Å². The van der Waals surface area contributed by atoms with Crippen LogP contribution in [0.15, 0.2) is 53.4 Å². The van der Waals surface area contributed by atoms with Gasteiger partial charge in [-0.25, -0.2) is 13.1 Å². The summed E-state index contributed by atoms with van der Waals surface area (Å²) in [4.78, 5) is 25.3. The molecule has 0 atom stereocenters. The number of rotatable bonds is 11. The predicted octanol–water partition coefficient (Wildman–Crippen LogP) is 2.37. The van der Waals surface area contributed by atoms with E-state index in [9.17, 15) is 18.0 Å². The Morgan fingerprint density at radius 3 is 2.13 bits per heavy atom. The van der Waals surface area contributed by atoms with Crippen LogP contribution < -0.4 is 14.9 Å². The van der Waals surface area contributed by atoms with E-state index in [0.717, 1.165) is 18.5 Å². The van der Waals surface area contributed by atoms with E-state index in [1.165, 1.54) is 36.8 Å². The summed E-state index contributed by atoms with van der Waals surface area (Å²) in [7, 11) is 0.276. The lowest BCUT2D eigenvalue weighted by atomic mass is 10.1. The van der Waals surface area contributed by atoms with Crippen molar-refractivity contribution in [2.45, 2.75) is 31.1 Å². The molecule has 0 saturated carbocycles. The van der Waals surface area contributed by atoms with Crippen molar-refractivity contribution in [2.24, 2.45) is 0 Å². The first-order valence-corrected chi connectivity index (χ1v) is 11.3. The Labute approximate surface area is 178 Å². The Balaban J connectivity index is 1.68. The van der Waals surface area contributed by atoms with E-state index in [1.807, 2.05) is 19.0 Å². The number of nitrogens with one attached hydrogen (secondary N) is 2. The fourth-order valence-corrected chi connectivity index (χ4v) is 3.85. The van der Waals surface area contributed by atoms with E-state index >= 15 is 0 Å². The van der Waals surface area contributed by atoms with Crippen LogP contribution >= 0.6 is 0 Å². The summed E-state index contributed by atoms with van der Waals surface area (Å²) in [5.41, 5.74) is 2.80. The van der Waals surface area contributed by atoms with Crippen LogP contribution in [0, 0.1) is 0 Å². The molecule has 0 aromatic heterocycles. The number of amides is 1. The first kappa shape index (κ1) is 23.6. The lowest BCUT2D eigenvalue weighted by Crippen LogP contribution is -2.31. The third-order valence-corrected chi connectivity index (χ3v) is 6.11. The number of Topliss-reactive ketones (excluding diaryl/α,β-unsaturated/α-hetero) is 1. The molecule has 162 valence electrons. The average molecular weight is 432 g/mol. The quantitative estimate of drug-likeness (QED) is 0.421. The van der Waals surface area contributed by atoms with Crippen molar-refractivity contribution in [3.05, 3.63) is 59.7 Å². The van der Waals surface area contributed by atoms with Gasteiger partial charge in [0, 0.05) is 44.9 Å². The molecular formula is C22H29N3O4S. The lowest BCUT2D eigenvalue weighted by molar-refractivity contribution is -0.120. The van der Waals surface area contributed by atoms with Gasteiger partial charge in [0.05, 0.1) is 4.90 Å². The van der Waals surface area contributed by atoms with Gasteiger partial charge < -0.3 is 10.2 Å². The second kappa shape index (κ2) is 10.9. The minimum absolute atomic E-state index is 0.00856. The fourth-order valence-electron chi connectivity index (χ4n) is 2.82. The molecule has 2 rings (SSSR count). The van der Waals surface area contributed by atoms with Crippen LogP contribution in [0.1, 0.15) is 35.7 Å². The molecule has 2 N–H and O–H groups in total. The SMILES string of the molecule is CC(=O)c1ccc(S(=O)(=O)NCCC(=O)NCCCc2ccc(N(C)C)cc2)cc1. The van der Waals surface area contributed by atoms with Crippen molar-refractivity contribution in [1.82, 2.24) is 10.0 Å². The summed E-state index contributed by atoms with van der Waals surface area (Å²) in [6, 6.07) is 14.0. The summed E-state index contributed by atoms with van der Waals surface area (Å²) in [5, 5.41) is 2.81. The summed E-state index contributed by atoms with van der Waals surface area (Å²) < 4.78 is 26.9. The van der Waals surface area contributed by atoms with E-state index in [-0.39, 0.29) is 29.6 Å². The van der Waals surface area contributed by atoms with Crippen LogP contribution in [-0.4, -0.2) is 47.3 Å². The number of anilines is 1. The smallest absolute Gasteiger partial charge is 0.240 e. The maximum absolute atomic E-state index is 12.2. The molecule has 7 nitrogen and oxygen atoms in total. The van der Waals surface area contributed by atoms with Crippen molar-refractivity contribution >= 4 is 27.4 Å². The molecule has 0 aliphatic rings. The van der Waals surface area contributed by atoms with Crippen LogP contribution in [0.2, 0.25) is 0 Å². The Morgan fingerprint density at radius 2 is 1.57 bits per heavy atom. The number of hydrogen-bond acceptors (Lipinski definition) is 5. The number of hydrogen-bond donors (Lipinski definition) is 2. The summed E-state index contributed by atoms with van der Waals surface area (Å²) in [5.74, 6) is -0.332. The van der Waals surface area contributed by atoms with Gasteiger partial charge in [-0.2, -0.15) is 0 Å². The third kappa shape index (κ3) is 7.27. The van der Waals surface area contributed by atoms with Crippen LogP contribution in [0.5, 0.6) is 0 Å². The molecule has 2 aromatic rings. The summed E-state index contributed by atoms with van der Waals surface area (Å²) >= 11 is 0. The zero-order chi connectivity index (χ0) is 22.1. The Morgan fingerprint density at radius 1 is 0.933 bits per heavy atom. The van der Waals surface area contributed by atoms with E-state index in [4.69, 9.17) is 0 Å². The minimum atomic E-state index is -3.71. The zero-order valence-electron chi connectivity index (χ0n) is 17.6. The Bertz CT molecular complexity index is 953. The van der Waals surface area contributed by atoms with Gasteiger partial charge in [0.2, 0.25) is 15.9 Å². The second-order valence-electron chi connectivity index (χ2n) is 7.24. The number of sulfonamides is 1. The van der Waals surface area contributed by atoms with Gasteiger partial charge in [-0.15, -0.1) is 0 Å². The van der Waals surface area contributed by atoms with Crippen LogP contribution in [0.3, 0.4) is 0 Å². The molecule has 0 radical (unpaired) electrons. The third-order valence-electron chi connectivity index (χ3n) is 4.63. The van der Waals surface area contributed by atoms with Crippen molar-refractivity contribution in [3.8, 4) is 0 Å². The molecule has 2 aromatic carbocycles. The van der Waals surface area contributed by atoms with E-state index in [0.29, 0.717) is 12.1 Å². The molecule has 0 aliphatic heterocycles. The van der Waals surface area contributed by atoms with E-state index < -0.39 is 10.0 Å². The highest BCUT2D eigenvalue weighted by atomic mass is 32.2. The fraction of sp³-hybridized carbons (Fsp3) is 0.364. The number of benzene rings is 2. The second-order valence-corrected chi connectivity index (χ2v) is 9.01. The molecule has 0 bridgehead atoms. The monoisotopic (exact) mass is 431 g/mol. The van der Waals surface area contributed by atoms with Crippen molar-refractivity contribution in [2.75, 3.05) is 32.1 Å². The molecule has 8 heteroatoms. The van der Waals surface area contributed by atoms with Gasteiger partial charge >= 0.3 is 0 Å². The minimum Gasteiger partial charge on any atom is -0.378 e. The molecule has 0 heterocycles. The molecule has 1 amide bonds.